The van der Waals surface area contributed by atoms with Gasteiger partial charge in [0.25, 0.3) is 5.56 Å². The molecule has 0 aliphatic carbocycles. The lowest BCUT2D eigenvalue weighted by Gasteiger charge is -2.27. The Balaban J connectivity index is 1.65. The molecule has 128 valence electrons. The Morgan fingerprint density at radius 3 is 2.79 bits per heavy atom. The van der Waals surface area contributed by atoms with E-state index >= 15 is 0 Å². The monoisotopic (exact) mass is 329 g/mol. The van der Waals surface area contributed by atoms with Crippen molar-refractivity contribution in [1.29, 1.82) is 0 Å². The van der Waals surface area contributed by atoms with Gasteiger partial charge in [0.1, 0.15) is 0 Å². The largest absolute Gasteiger partial charge is 0.335 e. The van der Waals surface area contributed by atoms with Crippen molar-refractivity contribution in [2.75, 3.05) is 6.54 Å². The molecule has 2 aromatic rings. The van der Waals surface area contributed by atoms with Crippen molar-refractivity contribution in [2.45, 2.75) is 52.2 Å². The van der Waals surface area contributed by atoms with E-state index in [1.54, 1.807) is 0 Å². The van der Waals surface area contributed by atoms with Crippen LogP contribution in [0.15, 0.2) is 29.5 Å². The molecule has 0 unspecified atom stereocenters. The van der Waals surface area contributed by atoms with E-state index in [1.165, 1.54) is 23.2 Å². The molecular weight excluding hydrogens is 306 g/mol. The van der Waals surface area contributed by atoms with E-state index in [9.17, 15) is 9.59 Å². The number of aromatic nitrogens is 4. The molecule has 7 nitrogen and oxygen atoms in total. The van der Waals surface area contributed by atoms with Gasteiger partial charge in [-0.1, -0.05) is 20.8 Å². The van der Waals surface area contributed by atoms with Crippen molar-refractivity contribution in [2.24, 2.45) is 0 Å². The summed E-state index contributed by atoms with van der Waals surface area (Å²) in [5, 5.41) is 4.65. The molecule has 24 heavy (non-hydrogen) atoms. The molecule has 1 aliphatic rings. The number of nitrogens with zero attached hydrogens (tertiary/aromatic N) is 5. The maximum atomic E-state index is 12.5. The summed E-state index contributed by atoms with van der Waals surface area (Å²) in [5.74, 6) is 0.0514. The molecule has 0 spiro atoms. The molecule has 1 amide bonds. The molecule has 0 N–H and O–H groups in total. The highest BCUT2D eigenvalue weighted by Crippen LogP contribution is 2.24. The van der Waals surface area contributed by atoms with E-state index in [4.69, 9.17) is 0 Å². The van der Waals surface area contributed by atoms with Crippen LogP contribution < -0.4 is 5.56 Å². The van der Waals surface area contributed by atoms with Crippen molar-refractivity contribution < 1.29 is 4.79 Å². The fraction of sp³-hybridized carbons (Fsp3) is 0.529. The van der Waals surface area contributed by atoms with Crippen molar-refractivity contribution >= 4 is 5.91 Å². The zero-order chi connectivity index (χ0) is 17.3. The van der Waals surface area contributed by atoms with Gasteiger partial charge in [0.15, 0.2) is 0 Å². The smallest absolute Gasteiger partial charge is 0.253 e. The van der Waals surface area contributed by atoms with Crippen molar-refractivity contribution in [3.63, 3.8) is 0 Å². The van der Waals surface area contributed by atoms with Crippen LogP contribution >= 0.6 is 0 Å². The molecule has 0 atom stereocenters. The van der Waals surface area contributed by atoms with E-state index < -0.39 is 0 Å². The lowest BCUT2D eigenvalue weighted by Crippen LogP contribution is -2.39. The standard InChI is InChI=1S/C17H23N5O2/c1-17(2,3)14-10-13-11-20(8-9-22(13)19-14)16(24)5-7-21-12-18-6-4-15(21)23/h4,6,10,12H,5,7-9,11H2,1-3H3. The number of hydrogen-bond acceptors (Lipinski definition) is 4. The summed E-state index contributed by atoms with van der Waals surface area (Å²) in [7, 11) is 0. The molecule has 0 fully saturated rings. The van der Waals surface area contributed by atoms with Gasteiger partial charge in [0.05, 0.1) is 30.8 Å². The summed E-state index contributed by atoms with van der Waals surface area (Å²) in [4.78, 5) is 29.9. The second kappa shape index (κ2) is 6.22. The number of fused-ring (bicyclic) bond motifs is 1. The molecular formula is C17H23N5O2. The van der Waals surface area contributed by atoms with Gasteiger partial charge in [-0.3, -0.25) is 18.8 Å². The van der Waals surface area contributed by atoms with Crippen LogP contribution in [0.25, 0.3) is 0 Å². The van der Waals surface area contributed by atoms with Crippen LogP contribution in [0, 0.1) is 0 Å². The number of rotatable bonds is 3. The molecule has 0 saturated heterocycles. The van der Waals surface area contributed by atoms with E-state index in [-0.39, 0.29) is 16.9 Å². The van der Waals surface area contributed by atoms with Crippen LogP contribution in [0.1, 0.15) is 38.6 Å². The molecule has 2 aromatic heterocycles. The highest BCUT2D eigenvalue weighted by atomic mass is 16.2. The van der Waals surface area contributed by atoms with Crippen LogP contribution in [-0.4, -0.2) is 36.7 Å². The number of carbonyl (C=O) groups is 1. The Kier molecular flexibility index (Phi) is 4.26. The van der Waals surface area contributed by atoms with Gasteiger partial charge in [-0.2, -0.15) is 5.10 Å². The van der Waals surface area contributed by atoms with Crippen LogP contribution in [0.2, 0.25) is 0 Å². The molecule has 0 radical (unpaired) electrons. The van der Waals surface area contributed by atoms with Crippen molar-refractivity contribution in [3.05, 3.63) is 46.4 Å². The van der Waals surface area contributed by atoms with Gasteiger partial charge in [0.2, 0.25) is 5.91 Å². The third-order valence-electron chi connectivity index (χ3n) is 4.28. The second-order valence-corrected chi connectivity index (χ2v) is 7.17. The van der Waals surface area contributed by atoms with Gasteiger partial charge in [-0.05, 0) is 6.07 Å². The first kappa shape index (κ1) is 16.4. The molecule has 3 rings (SSSR count). The SMILES string of the molecule is CC(C)(C)c1cc2n(n1)CCN(C(=O)CCn1cnccc1=O)C2. The summed E-state index contributed by atoms with van der Waals surface area (Å²) in [6.45, 7) is 8.70. The Hall–Kier alpha value is -2.44. The molecule has 0 saturated carbocycles. The third-order valence-corrected chi connectivity index (χ3v) is 4.28. The van der Waals surface area contributed by atoms with E-state index in [0.29, 0.717) is 32.6 Å². The zero-order valence-electron chi connectivity index (χ0n) is 14.4. The average Bonchev–Trinajstić information content (AvgIpc) is 2.97. The maximum absolute atomic E-state index is 12.5. The zero-order valence-corrected chi connectivity index (χ0v) is 14.4. The average molecular weight is 329 g/mol. The summed E-state index contributed by atoms with van der Waals surface area (Å²) in [6.07, 6.45) is 3.22. The number of amides is 1. The molecule has 7 heteroatoms. The summed E-state index contributed by atoms with van der Waals surface area (Å²) in [5.41, 5.74) is 1.98. The highest BCUT2D eigenvalue weighted by molar-refractivity contribution is 5.76. The van der Waals surface area contributed by atoms with Crippen molar-refractivity contribution in [3.8, 4) is 0 Å². The quantitative estimate of drug-likeness (QED) is 0.847. The predicted molar refractivity (Wildman–Crippen MR) is 89.5 cm³/mol. The van der Waals surface area contributed by atoms with Crippen LogP contribution in [0.5, 0.6) is 0 Å². The highest BCUT2D eigenvalue weighted by Gasteiger charge is 2.25. The van der Waals surface area contributed by atoms with E-state index in [0.717, 1.165) is 11.4 Å². The fourth-order valence-corrected chi connectivity index (χ4v) is 2.77. The first-order valence-corrected chi connectivity index (χ1v) is 8.20. The van der Waals surface area contributed by atoms with Crippen LogP contribution in [0.4, 0.5) is 0 Å². The predicted octanol–water partition coefficient (Wildman–Crippen LogP) is 1.17. The lowest BCUT2D eigenvalue weighted by molar-refractivity contribution is -0.133. The van der Waals surface area contributed by atoms with Gasteiger partial charge in [-0.25, -0.2) is 4.98 Å². The van der Waals surface area contributed by atoms with Gasteiger partial charge in [0, 0.05) is 37.2 Å². The minimum absolute atomic E-state index is 0.000650. The molecule has 1 aliphatic heterocycles. The minimum Gasteiger partial charge on any atom is -0.335 e. The molecule has 0 bridgehead atoms. The third kappa shape index (κ3) is 3.39. The van der Waals surface area contributed by atoms with Gasteiger partial charge < -0.3 is 4.90 Å². The van der Waals surface area contributed by atoms with Crippen LogP contribution in [-0.2, 0) is 29.8 Å². The normalized spacial score (nSPS) is 14.5. The number of aryl methyl sites for hydroxylation is 1. The summed E-state index contributed by atoms with van der Waals surface area (Å²) < 4.78 is 3.46. The fourth-order valence-electron chi connectivity index (χ4n) is 2.77. The lowest BCUT2D eigenvalue weighted by atomic mass is 9.92. The Labute approximate surface area is 140 Å². The van der Waals surface area contributed by atoms with Gasteiger partial charge in [-0.15, -0.1) is 0 Å². The first-order chi connectivity index (χ1) is 11.3. The topological polar surface area (TPSA) is 73.0 Å². The van der Waals surface area contributed by atoms with E-state index in [1.807, 2.05) is 9.58 Å². The summed E-state index contributed by atoms with van der Waals surface area (Å²) >= 11 is 0. The Morgan fingerprint density at radius 1 is 1.29 bits per heavy atom. The minimum atomic E-state index is -0.135. The maximum Gasteiger partial charge on any atom is 0.253 e. The Bertz CT molecular complexity index is 800. The number of hydrogen-bond donors (Lipinski definition) is 0. The Morgan fingerprint density at radius 2 is 2.08 bits per heavy atom. The number of carbonyl (C=O) groups excluding carboxylic acids is 1. The van der Waals surface area contributed by atoms with Gasteiger partial charge >= 0.3 is 0 Å². The van der Waals surface area contributed by atoms with Crippen molar-refractivity contribution in [1.82, 2.24) is 24.2 Å². The summed E-state index contributed by atoms with van der Waals surface area (Å²) in [6, 6.07) is 3.49. The van der Waals surface area contributed by atoms with E-state index in [2.05, 4.69) is 36.9 Å². The second-order valence-electron chi connectivity index (χ2n) is 7.17. The first-order valence-electron chi connectivity index (χ1n) is 8.20. The molecule has 3 heterocycles. The van der Waals surface area contributed by atoms with Crippen LogP contribution in [0.3, 0.4) is 0 Å². The molecule has 0 aromatic carbocycles.